The van der Waals surface area contributed by atoms with Gasteiger partial charge in [0.25, 0.3) is 0 Å². The van der Waals surface area contributed by atoms with Gasteiger partial charge in [-0.05, 0) is 18.1 Å². The van der Waals surface area contributed by atoms with E-state index in [0.717, 1.165) is 24.2 Å². The summed E-state index contributed by atoms with van der Waals surface area (Å²) >= 11 is 0. The smallest absolute Gasteiger partial charge is 0.407 e. The van der Waals surface area contributed by atoms with E-state index < -0.39 is 6.09 Å². The number of pyridine rings is 1. The van der Waals surface area contributed by atoms with E-state index in [0.29, 0.717) is 13.1 Å². The molecule has 0 unspecified atom stereocenters. The van der Waals surface area contributed by atoms with E-state index in [2.05, 4.69) is 9.88 Å². The predicted octanol–water partition coefficient (Wildman–Crippen LogP) is 0.481. The highest BCUT2D eigenvalue weighted by Crippen LogP contribution is 2.34. The molecule has 6 heteroatoms. The molecular weight excluding hydrogens is 232 g/mol. The summed E-state index contributed by atoms with van der Waals surface area (Å²) in [5, 5.41) is 9.05. The molecule has 1 aromatic rings. The second-order valence-electron chi connectivity index (χ2n) is 4.89. The largest absolute Gasteiger partial charge is 0.465 e. The molecule has 18 heavy (non-hydrogen) atoms. The number of hydrogen-bond donors (Lipinski definition) is 2. The Labute approximate surface area is 105 Å². The number of likely N-dealkylation sites (tertiary alicyclic amines) is 1. The number of anilines is 1. The zero-order valence-electron chi connectivity index (χ0n) is 9.99. The Morgan fingerprint density at radius 3 is 2.89 bits per heavy atom. The first-order valence-electron chi connectivity index (χ1n) is 6.09. The average Bonchev–Trinajstić information content (AvgIpc) is 2.98. The van der Waals surface area contributed by atoms with Gasteiger partial charge in [-0.3, -0.25) is 4.98 Å². The molecule has 0 aromatic carbocycles. The summed E-state index contributed by atoms with van der Waals surface area (Å²) in [4.78, 5) is 19.0. The monoisotopic (exact) mass is 248 g/mol. The van der Waals surface area contributed by atoms with Crippen LogP contribution in [-0.2, 0) is 6.54 Å². The zero-order chi connectivity index (χ0) is 12.7. The van der Waals surface area contributed by atoms with Crippen LogP contribution >= 0.6 is 0 Å². The minimum absolute atomic E-state index is 0.119. The summed E-state index contributed by atoms with van der Waals surface area (Å²) < 4.78 is 0. The Morgan fingerprint density at radius 2 is 2.28 bits per heavy atom. The Bertz CT molecular complexity index is 479. The van der Waals surface area contributed by atoms with E-state index >= 15 is 0 Å². The van der Waals surface area contributed by atoms with Gasteiger partial charge < -0.3 is 20.6 Å². The van der Waals surface area contributed by atoms with Crippen LogP contribution < -0.4 is 10.6 Å². The fourth-order valence-electron chi connectivity index (χ4n) is 2.96. The number of fused-ring (bicyclic) bond motifs is 2. The molecule has 3 rings (SSSR count). The van der Waals surface area contributed by atoms with Crippen molar-refractivity contribution in [2.75, 3.05) is 18.0 Å². The number of rotatable bonds is 2. The van der Waals surface area contributed by atoms with E-state index in [1.165, 1.54) is 0 Å². The Balaban J connectivity index is 1.79. The number of nitrogens with zero attached hydrogens (tertiary/aromatic N) is 3. The third-order valence-corrected chi connectivity index (χ3v) is 3.83. The molecule has 6 nitrogen and oxygen atoms in total. The van der Waals surface area contributed by atoms with Crippen molar-refractivity contribution in [1.29, 1.82) is 0 Å². The van der Waals surface area contributed by atoms with Gasteiger partial charge in [-0.15, -0.1) is 0 Å². The highest BCUT2D eigenvalue weighted by Gasteiger charge is 2.45. The van der Waals surface area contributed by atoms with Crippen LogP contribution in [0.1, 0.15) is 12.0 Å². The summed E-state index contributed by atoms with van der Waals surface area (Å²) in [7, 11) is 0. The minimum atomic E-state index is -0.809. The van der Waals surface area contributed by atoms with Gasteiger partial charge in [-0.25, -0.2) is 4.79 Å². The van der Waals surface area contributed by atoms with E-state index in [4.69, 9.17) is 10.8 Å². The molecule has 3 heterocycles. The van der Waals surface area contributed by atoms with Gasteiger partial charge in [0, 0.05) is 31.9 Å². The number of aromatic nitrogens is 1. The molecule has 3 N–H and O–H groups in total. The standard InChI is InChI=1S/C12H16N4O2/c13-3-8-1-9(5-14-4-8)15-6-11-2-10(15)7-16(11)12(17)18/h1,4-5,10-11H,2-3,6-7,13H2,(H,17,18)/t10-,11-/m0/s1. The van der Waals surface area contributed by atoms with Crippen LogP contribution in [0.3, 0.4) is 0 Å². The van der Waals surface area contributed by atoms with Gasteiger partial charge in [-0.1, -0.05) is 0 Å². The van der Waals surface area contributed by atoms with Crippen molar-refractivity contribution in [2.24, 2.45) is 5.73 Å². The fraction of sp³-hybridized carbons (Fsp3) is 0.500. The van der Waals surface area contributed by atoms with E-state index in [-0.39, 0.29) is 12.1 Å². The molecule has 1 amide bonds. The molecule has 0 saturated carbocycles. The third kappa shape index (κ3) is 1.69. The molecular formula is C12H16N4O2. The Kier molecular flexibility index (Phi) is 2.59. The normalized spacial score (nSPS) is 25.8. The lowest BCUT2D eigenvalue weighted by Gasteiger charge is -2.34. The van der Waals surface area contributed by atoms with Gasteiger partial charge in [0.1, 0.15) is 0 Å². The molecule has 2 fully saturated rings. The van der Waals surface area contributed by atoms with Gasteiger partial charge in [0.15, 0.2) is 0 Å². The van der Waals surface area contributed by atoms with Crippen LogP contribution in [0.25, 0.3) is 0 Å². The quantitative estimate of drug-likeness (QED) is 0.795. The summed E-state index contributed by atoms with van der Waals surface area (Å²) in [6, 6.07) is 2.44. The molecule has 96 valence electrons. The molecule has 0 spiro atoms. The number of hydrogen-bond acceptors (Lipinski definition) is 4. The van der Waals surface area contributed by atoms with Crippen molar-refractivity contribution < 1.29 is 9.90 Å². The van der Waals surface area contributed by atoms with Crippen LogP contribution in [0.4, 0.5) is 10.5 Å². The average molecular weight is 248 g/mol. The van der Waals surface area contributed by atoms with Crippen molar-refractivity contribution in [2.45, 2.75) is 25.0 Å². The highest BCUT2D eigenvalue weighted by atomic mass is 16.4. The van der Waals surface area contributed by atoms with Crippen LogP contribution in [0.2, 0.25) is 0 Å². The van der Waals surface area contributed by atoms with E-state index in [1.54, 1.807) is 11.1 Å². The van der Waals surface area contributed by atoms with Crippen molar-refractivity contribution in [3.05, 3.63) is 24.0 Å². The van der Waals surface area contributed by atoms with Crippen molar-refractivity contribution in [3.63, 3.8) is 0 Å². The van der Waals surface area contributed by atoms with Gasteiger partial charge >= 0.3 is 6.09 Å². The topological polar surface area (TPSA) is 82.7 Å². The summed E-state index contributed by atoms with van der Waals surface area (Å²) in [5.74, 6) is 0. The first kappa shape index (κ1) is 11.3. The second-order valence-corrected chi connectivity index (χ2v) is 4.89. The number of carboxylic acid groups (broad SMARTS) is 1. The summed E-state index contributed by atoms with van der Waals surface area (Å²) in [6.45, 7) is 1.82. The Morgan fingerprint density at radius 1 is 1.44 bits per heavy atom. The number of piperazine rings is 1. The number of carbonyl (C=O) groups is 1. The summed E-state index contributed by atoms with van der Waals surface area (Å²) in [6.07, 6.45) is 3.70. The Hall–Kier alpha value is -1.82. The van der Waals surface area contributed by atoms with Gasteiger partial charge in [0.05, 0.1) is 17.9 Å². The number of nitrogens with two attached hydrogens (primary N) is 1. The lowest BCUT2D eigenvalue weighted by atomic mass is 10.2. The molecule has 2 aliphatic rings. The van der Waals surface area contributed by atoms with Gasteiger partial charge in [-0.2, -0.15) is 0 Å². The lowest BCUT2D eigenvalue weighted by Crippen LogP contribution is -2.48. The zero-order valence-corrected chi connectivity index (χ0v) is 9.99. The third-order valence-electron chi connectivity index (χ3n) is 3.83. The molecule has 2 atom stereocenters. The maximum atomic E-state index is 11.0. The number of amides is 1. The van der Waals surface area contributed by atoms with Crippen molar-refractivity contribution in [1.82, 2.24) is 9.88 Å². The van der Waals surface area contributed by atoms with Crippen LogP contribution in [0.15, 0.2) is 18.5 Å². The second kappa shape index (κ2) is 4.13. The van der Waals surface area contributed by atoms with Crippen LogP contribution in [-0.4, -0.2) is 46.3 Å². The minimum Gasteiger partial charge on any atom is -0.465 e. The highest BCUT2D eigenvalue weighted by molar-refractivity contribution is 5.67. The van der Waals surface area contributed by atoms with E-state index in [1.807, 2.05) is 12.3 Å². The molecule has 1 aromatic heterocycles. The van der Waals surface area contributed by atoms with Crippen LogP contribution in [0.5, 0.6) is 0 Å². The fourth-order valence-corrected chi connectivity index (χ4v) is 2.96. The van der Waals surface area contributed by atoms with Crippen LogP contribution in [0, 0.1) is 0 Å². The van der Waals surface area contributed by atoms with Crippen molar-refractivity contribution >= 4 is 11.8 Å². The predicted molar refractivity (Wildman–Crippen MR) is 66.4 cm³/mol. The maximum absolute atomic E-state index is 11.0. The molecule has 2 bridgehead atoms. The lowest BCUT2D eigenvalue weighted by molar-refractivity contribution is 0.137. The summed E-state index contributed by atoms with van der Waals surface area (Å²) in [5.41, 5.74) is 7.67. The molecule has 2 saturated heterocycles. The molecule has 0 radical (unpaired) electrons. The molecule has 0 aliphatic carbocycles. The maximum Gasteiger partial charge on any atom is 0.407 e. The van der Waals surface area contributed by atoms with E-state index in [9.17, 15) is 4.79 Å². The molecule has 2 aliphatic heterocycles. The van der Waals surface area contributed by atoms with Crippen molar-refractivity contribution in [3.8, 4) is 0 Å². The SMILES string of the molecule is NCc1cncc(N2C[C@@H]3C[C@H]2CN3C(=O)O)c1. The first-order chi connectivity index (χ1) is 8.69. The van der Waals surface area contributed by atoms with Gasteiger partial charge in [0.2, 0.25) is 0 Å². The first-order valence-corrected chi connectivity index (χ1v) is 6.09.